The van der Waals surface area contributed by atoms with Crippen molar-refractivity contribution in [3.05, 3.63) is 35.9 Å². The van der Waals surface area contributed by atoms with Crippen LogP contribution in [0.1, 0.15) is 46.6 Å². The van der Waals surface area contributed by atoms with E-state index in [-0.39, 0.29) is 6.61 Å². The Balaban J connectivity index is 2.58. The highest BCUT2D eigenvalue weighted by molar-refractivity contribution is 5.94. The van der Waals surface area contributed by atoms with Crippen molar-refractivity contribution in [2.24, 2.45) is 5.73 Å². The fourth-order valence-electron chi connectivity index (χ4n) is 2.48. The Bertz CT molecular complexity index is 852. The molecule has 0 saturated heterocycles. The minimum Gasteiger partial charge on any atom is -0.458 e. The fraction of sp³-hybridized carbons (Fsp3) is 0.500. The van der Waals surface area contributed by atoms with Gasteiger partial charge in [-0.15, -0.1) is 0 Å². The number of benzene rings is 1. The maximum Gasteiger partial charge on any atom is 0.408 e. The largest absolute Gasteiger partial charge is 0.458 e. The van der Waals surface area contributed by atoms with Crippen LogP contribution in [0.5, 0.6) is 0 Å². The molecule has 11 nitrogen and oxygen atoms in total. The summed E-state index contributed by atoms with van der Waals surface area (Å²) in [6, 6.07) is 5.61. The summed E-state index contributed by atoms with van der Waals surface area (Å²) in [5.41, 5.74) is 5.10. The van der Waals surface area contributed by atoms with E-state index in [0.717, 1.165) is 5.56 Å². The van der Waals surface area contributed by atoms with Crippen LogP contribution in [0.2, 0.25) is 0 Å². The maximum atomic E-state index is 12.4. The molecule has 0 saturated carbocycles. The summed E-state index contributed by atoms with van der Waals surface area (Å²) < 4.78 is 10.2. The van der Waals surface area contributed by atoms with Gasteiger partial charge in [-0.3, -0.25) is 14.4 Å². The van der Waals surface area contributed by atoms with Crippen molar-refractivity contribution in [2.75, 3.05) is 0 Å². The average molecular weight is 465 g/mol. The van der Waals surface area contributed by atoms with Crippen molar-refractivity contribution in [3.8, 4) is 0 Å². The summed E-state index contributed by atoms with van der Waals surface area (Å²) >= 11 is 0. The number of ether oxygens (including phenoxy) is 2. The van der Waals surface area contributed by atoms with Crippen LogP contribution in [0.4, 0.5) is 4.79 Å². The zero-order chi connectivity index (χ0) is 25.2. The number of hydrogen-bond donors (Lipinski definition) is 4. The number of nitrogens with two attached hydrogens (primary N) is 1. The molecule has 33 heavy (non-hydrogen) atoms. The maximum absolute atomic E-state index is 12.4. The van der Waals surface area contributed by atoms with Gasteiger partial charge in [0.1, 0.15) is 30.3 Å². The monoisotopic (exact) mass is 464 g/mol. The van der Waals surface area contributed by atoms with Crippen LogP contribution >= 0.6 is 0 Å². The van der Waals surface area contributed by atoms with Gasteiger partial charge in [0.05, 0.1) is 6.42 Å². The van der Waals surface area contributed by atoms with Gasteiger partial charge in [0.2, 0.25) is 17.7 Å². The van der Waals surface area contributed by atoms with Gasteiger partial charge in [0, 0.05) is 0 Å². The molecule has 0 aromatic heterocycles. The fourth-order valence-corrected chi connectivity index (χ4v) is 2.48. The zero-order valence-electron chi connectivity index (χ0n) is 19.5. The number of hydrogen-bond acceptors (Lipinski definition) is 7. The van der Waals surface area contributed by atoms with Crippen LogP contribution in [0.15, 0.2) is 30.3 Å². The first kappa shape index (κ1) is 27.4. The number of alkyl carbamates (subject to hydrolysis) is 1. The molecule has 3 unspecified atom stereocenters. The first-order valence-corrected chi connectivity index (χ1v) is 10.4. The normalized spacial score (nSPS) is 13.6. The second-order valence-electron chi connectivity index (χ2n) is 8.42. The van der Waals surface area contributed by atoms with Crippen LogP contribution < -0.4 is 21.7 Å². The van der Waals surface area contributed by atoms with E-state index in [9.17, 15) is 24.0 Å². The first-order chi connectivity index (χ1) is 15.3. The number of esters is 1. The van der Waals surface area contributed by atoms with Gasteiger partial charge in [-0.2, -0.15) is 0 Å². The van der Waals surface area contributed by atoms with E-state index in [0.29, 0.717) is 0 Å². The minimum absolute atomic E-state index is 0.0335. The molecule has 1 rings (SSSR count). The molecule has 0 aliphatic carbocycles. The van der Waals surface area contributed by atoms with E-state index in [2.05, 4.69) is 16.0 Å². The molecule has 0 radical (unpaired) electrons. The molecule has 3 atom stereocenters. The van der Waals surface area contributed by atoms with Crippen molar-refractivity contribution >= 4 is 29.8 Å². The Morgan fingerprint density at radius 3 is 2.00 bits per heavy atom. The molecule has 0 aliphatic heterocycles. The van der Waals surface area contributed by atoms with Crippen LogP contribution in [-0.2, 0) is 35.3 Å². The number of carbonyl (C=O) groups excluding carboxylic acids is 5. The van der Waals surface area contributed by atoms with Gasteiger partial charge < -0.3 is 31.2 Å². The van der Waals surface area contributed by atoms with E-state index in [1.54, 1.807) is 45.0 Å². The van der Waals surface area contributed by atoms with Crippen molar-refractivity contribution in [1.82, 2.24) is 16.0 Å². The predicted octanol–water partition coefficient (Wildman–Crippen LogP) is 0.508. The van der Waals surface area contributed by atoms with E-state index in [1.807, 2.05) is 6.07 Å². The van der Waals surface area contributed by atoms with Gasteiger partial charge in [0.25, 0.3) is 0 Å². The molecular formula is C22H32N4O7. The van der Waals surface area contributed by atoms with Gasteiger partial charge in [-0.05, 0) is 40.2 Å². The van der Waals surface area contributed by atoms with Crippen LogP contribution in [0, 0.1) is 0 Å². The van der Waals surface area contributed by atoms with Gasteiger partial charge >= 0.3 is 12.1 Å². The highest BCUT2D eigenvalue weighted by Gasteiger charge is 2.30. The van der Waals surface area contributed by atoms with Crippen LogP contribution in [0.25, 0.3) is 0 Å². The SMILES string of the molecule is CC(NC(=O)OCc1ccccc1)C(=O)NC(C)C(=O)NC(CC(N)=O)C(=O)OC(C)(C)C. The highest BCUT2D eigenvalue weighted by atomic mass is 16.6. The number of amides is 4. The summed E-state index contributed by atoms with van der Waals surface area (Å²) in [4.78, 5) is 60.2. The summed E-state index contributed by atoms with van der Waals surface area (Å²) in [6.45, 7) is 7.73. The second-order valence-corrected chi connectivity index (χ2v) is 8.42. The van der Waals surface area contributed by atoms with Crippen LogP contribution in [0.3, 0.4) is 0 Å². The quantitative estimate of drug-likeness (QED) is 0.366. The number of rotatable bonds is 10. The lowest BCUT2D eigenvalue weighted by Gasteiger charge is -2.25. The molecule has 1 aromatic rings. The smallest absolute Gasteiger partial charge is 0.408 e. The van der Waals surface area contributed by atoms with Crippen LogP contribution in [-0.4, -0.2) is 53.5 Å². The Morgan fingerprint density at radius 1 is 0.909 bits per heavy atom. The standard InChI is InChI=1S/C22H32N4O7/c1-13(19(29)26-16(11-17(23)27)20(30)33-22(3,4)5)24-18(28)14(2)25-21(31)32-12-15-9-7-6-8-10-15/h6-10,13-14,16H,11-12H2,1-5H3,(H2,23,27)(H,24,28)(H,25,31)(H,26,29). The molecule has 0 bridgehead atoms. The van der Waals surface area contributed by atoms with E-state index < -0.39 is 59.9 Å². The number of nitrogens with one attached hydrogen (secondary N) is 3. The summed E-state index contributed by atoms with van der Waals surface area (Å²) in [5, 5.41) is 7.13. The Morgan fingerprint density at radius 2 is 1.45 bits per heavy atom. The van der Waals surface area contributed by atoms with Crippen molar-refractivity contribution in [3.63, 3.8) is 0 Å². The van der Waals surface area contributed by atoms with Crippen molar-refractivity contribution < 1.29 is 33.4 Å². The number of carbonyl (C=O) groups is 5. The molecule has 5 N–H and O–H groups in total. The Kier molecular flexibility index (Phi) is 10.3. The molecule has 0 heterocycles. The minimum atomic E-state index is -1.31. The second kappa shape index (κ2) is 12.4. The van der Waals surface area contributed by atoms with Gasteiger partial charge in [0.15, 0.2) is 0 Å². The lowest BCUT2D eigenvalue weighted by molar-refractivity contribution is -0.159. The Labute approximate surface area is 192 Å². The molecule has 182 valence electrons. The third kappa shape index (κ3) is 11.0. The summed E-state index contributed by atoms with van der Waals surface area (Å²) in [5.74, 6) is -3.03. The molecule has 0 fully saturated rings. The molecule has 0 spiro atoms. The average Bonchev–Trinajstić information content (AvgIpc) is 2.70. The van der Waals surface area contributed by atoms with E-state index in [4.69, 9.17) is 15.2 Å². The van der Waals surface area contributed by atoms with Crippen molar-refractivity contribution in [2.45, 2.75) is 71.4 Å². The molecular weight excluding hydrogens is 432 g/mol. The highest BCUT2D eigenvalue weighted by Crippen LogP contribution is 2.10. The number of primary amides is 1. The third-order valence-corrected chi connectivity index (χ3v) is 4.11. The van der Waals surface area contributed by atoms with E-state index in [1.165, 1.54) is 13.8 Å². The molecule has 1 aromatic carbocycles. The summed E-state index contributed by atoms with van der Waals surface area (Å²) in [6.07, 6.45) is -1.27. The third-order valence-electron chi connectivity index (χ3n) is 4.11. The topological polar surface area (TPSA) is 166 Å². The zero-order valence-corrected chi connectivity index (χ0v) is 19.5. The summed E-state index contributed by atoms with van der Waals surface area (Å²) in [7, 11) is 0. The molecule has 11 heteroatoms. The van der Waals surface area contributed by atoms with E-state index >= 15 is 0 Å². The molecule has 0 aliphatic rings. The predicted molar refractivity (Wildman–Crippen MR) is 118 cm³/mol. The lowest BCUT2D eigenvalue weighted by Crippen LogP contribution is -2.55. The molecule has 4 amide bonds. The van der Waals surface area contributed by atoms with Gasteiger partial charge in [-0.25, -0.2) is 9.59 Å². The lowest BCUT2D eigenvalue weighted by atomic mass is 10.1. The van der Waals surface area contributed by atoms with Crippen molar-refractivity contribution in [1.29, 1.82) is 0 Å². The van der Waals surface area contributed by atoms with Gasteiger partial charge in [-0.1, -0.05) is 30.3 Å². The Hall–Kier alpha value is -3.63. The first-order valence-electron chi connectivity index (χ1n) is 10.4.